The second-order valence-electron chi connectivity index (χ2n) is 6.46. The minimum absolute atomic E-state index is 0.0739. The average Bonchev–Trinajstić information content (AvgIpc) is 3.20. The van der Waals surface area contributed by atoms with Crippen LogP contribution in [0.15, 0.2) is 43.0 Å². The third-order valence-corrected chi connectivity index (χ3v) is 4.08. The van der Waals surface area contributed by atoms with Crippen LogP contribution in [0.1, 0.15) is 23.7 Å². The lowest BCUT2D eigenvalue weighted by Crippen LogP contribution is -2.25. The van der Waals surface area contributed by atoms with Crippen molar-refractivity contribution in [3.8, 4) is 0 Å². The molecule has 1 heterocycles. The van der Waals surface area contributed by atoms with Crippen LogP contribution in [0.4, 0.5) is 4.39 Å². The smallest absolute Gasteiger partial charge is 0.318 e. The molecule has 0 saturated heterocycles. The summed E-state index contributed by atoms with van der Waals surface area (Å²) in [5, 5.41) is 31.2. The van der Waals surface area contributed by atoms with E-state index in [1.165, 1.54) is 29.1 Å². The number of nitrogens with zero attached hydrogens (tertiary/aromatic N) is 4. The van der Waals surface area contributed by atoms with Crippen LogP contribution in [-0.2, 0) is 25.8 Å². The lowest BCUT2D eigenvalue weighted by atomic mass is 9.91. The molecule has 2 rings (SSSR count). The molecule has 0 amide bonds. The molecule has 0 radical (unpaired) electrons. The highest BCUT2D eigenvalue weighted by Crippen LogP contribution is 2.21. The molecule has 0 spiro atoms. The number of rotatable bonds is 13. The molecule has 166 valence electrons. The van der Waals surface area contributed by atoms with Gasteiger partial charge in [0.2, 0.25) is 5.82 Å². The Hall–Kier alpha value is -3.28. The maximum atomic E-state index is 13.1. The summed E-state index contributed by atoms with van der Waals surface area (Å²) in [6.07, 6.45) is 0.961. The van der Waals surface area contributed by atoms with Crippen LogP contribution in [0.5, 0.6) is 0 Å². The van der Waals surface area contributed by atoms with Crippen LogP contribution >= 0.6 is 0 Å². The minimum Gasteiger partial charge on any atom is -0.480 e. The molecule has 1 aromatic heterocycles. The third-order valence-electron chi connectivity index (χ3n) is 4.08. The molecular weight excluding hydrogens is 411 g/mol. The van der Waals surface area contributed by atoms with Crippen molar-refractivity contribution in [2.75, 3.05) is 20.3 Å². The van der Waals surface area contributed by atoms with Crippen molar-refractivity contribution < 1.29 is 33.7 Å². The van der Waals surface area contributed by atoms with Gasteiger partial charge < -0.3 is 19.7 Å². The number of aliphatic hydroxyl groups is 1. The minimum atomic E-state index is -1.51. The largest absolute Gasteiger partial charge is 0.480 e. The zero-order valence-electron chi connectivity index (χ0n) is 16.8. The summed E-state index contributed by atoms with van der Waals surface area (Å²) >= 11 is 0. The van der Waals surface area contributed by atoms with E-state index in [1.807, 2.05) is 0 Å². The van der Waals surface area contributed by atoms with E-state index in [4.69, 9.17) is 9.47 Å². The molecule has 0 bridgehead atoms. The quantitative estimate of drug-likeness (QED) is 0.271. The number of carbonyl (C=O) groups is 2. The number of carboxylic acids is 1. The van der Waals surface area contributed by atoms with Gasteiger partial charge in [-0.25, -0.2) is 4.39 Å². The van der Waals surface area contributed by atoms with Crippen LogP contribution in [-0.4, -0.2) is 68.6 Å². The van der Waals surface area contributed by atoms with Crippen molar-refractivity contribution in [2.24, 2.45) is 0 Å². The molecule has 2 unspecified atom stereocenters. The molecule has 0 saturated carbocycles. The van der Waals surface area contributed by atoms with Crippen molar-refractivity contribution in [1.82, 2.24) is 20.2 Å². The SMILES string of the molecule is C=C(C=CC(O)CC(=O)C(C(=O)O)c1ccc(F)cc1)c1nnn(COCCOC)n1. The Morgan fingerprint density at radius 2 is 2.00 bits per heavy atom. The van der Waals surface area contributed by atoms with Crippen molar-refractivity contribution in [3.05, 3.63) is 60.2 Å². The van der Waals surface area contributed by atoms with Crippen LogP contribution in [0, 0.1) is 5.82 Å². The number of hydrogen-bond acceptors (Lipinski definition) is 8. The molecule has 2 aromatic rings. The number of halogens is 1. The summed E-state index contributed by atoms with van der Waals surface area (Å²) in [5.74, 6) is -3.97. The summed E-state index contributed by atoms with van der Waals surface area (Å²) in [5.41, 5.74) is 0.455. The number of Topliss-reactive ketones (excluding diaryl/α,β-unsaturated/α-hetero) is 1. The van der Waals surface area contributed by atoms with Crippen LogP contribution < -0.4 is 0 Å². The number of hydrogen-bond donors (Lipinski definition) is 2. The average molecular weight is 434 g/mol. The fraction of sp³-hybridized carbons (Fsp3) is 0.350. The molecule has 2 N–H and O–H groups in total. The molecule has 0 aliphatic heterocycles. The molecule has 0 aliphatic carbocycles. The maximum absolute atomic E-state index is 13.1. The van der Waals surface area contributed by atoms with Crippen LogP contribution in [0.2, 0.25) is 0 Å². The van der Waals surface area contributed by atoms with Gasteiger partial charge >= 0.3 is 5.97 Å². The topological polar surface area (TPSA) is 137 Å². The highest BCUT2D eigenvalue weighted by Gasteiger charge is 2.29. The van der Waals surface area contributed by atoms with E-state index in [0.29, 0.717) is 18.8 Å². The van der Waals surface area contributed by atoms with Gasteiger partial charge in [-0.2, -0.15) is 0 Å². The highest BCUT2D eigenvalue weighted by atomic mass is 19.1. The summed E-state index contributed by atoms with van der Waals surface area (Å²) in [7, 11) is 1.55. The standard InChI is InChI=1S/C20H23FN4O6/c1-13(19-22-24-25(23-19)12-31-10-9-30-2)3-8-16(26)11-17(27)18(20(28)29)14-4-6-15(21)7-5-14/h3-8,16,18,26H,1,9-12H2,2H3,(H,28,29). The highest BCUT2D eigenvalue weighted by molar-refractivity contribution is 6.04. The number of allylic oxidation sites excluding steroid dienone is 2. The Bertz CT molecular complexity index is 928. The number of tetrazole rings is 1. The maximum Gasteiger partial charge on any atom is 0.318 e. The second-order valence-corrected chi connectivity index (χ2v) is 6.46. The first-order valence-electron chi connectivity index (χ1n) is 9.22. The zero-order valence-corrected chi connectivity index (χ0v) is 16.8. The number of aliphatic carboxylic acids is 1. The van der Waals surface area contributed by atoms with E-state index in [-0.39, 0.29) is 18.1 Å². The Morgan fingerprint density at radius 3 is 2.65 bits per heavy atom. The molecule has 2 atom stereocenters. The Labute approximate surface area is 177 Å². The monoisotopic (exact) mass is 434 g/mol. The molecule has 1 aromatic carbocycles. The number of carbonyl (C=O) groups excluding carboxylic acids is 1. The van der Waals surface area contributed by atoms with Gasteiger partial charge in [0.15, 0.2) is 12.5 Å². The van der Waals surface area contributed by atoms with Gasteiger partial charge in [-0.1, -0.05) is 30.9 Å². The van der Waals surface area contributed by atoms with Crippen molar-refractivity contribution in [2.45, 2.75) is 25.2 Å². The Kier molecular flexibility index (Phi) is 9.13. The Morgan fingerprint density at radius 1 is 1.29 bits per heavy atom. The van der Waals surface area contributed by atoms with Crippen molar-refractivity contribution >= 4 is 17.3 Å². The molecule has 31 heavy (non-hydrogen) atoms. The number of aromatic nitrogens is 4. The lowest BCUT2D eigenvalue weighted by molar-refractivity contribution is -0.142. The van der Waals surface area contributed by atoms with Gasteiger partial charge in [0.25, 0.3) is 0 Å². The van der Waals surface area contributed by atoms with E-state index >= 15 is 0 Å². The molecular formula is C20H23FN4O6. The van der Waals surface area contributed by atoms with Gasteiger partial charge in [0.1, 0.15) is 11.7 Å². The van der Waals surface area contributed by atoms with E-state index in [0.717, 1.165) is 12.1 Å². The van der Waals surface area contributed by atoms with Crippen molar-refractivity contribution in [3.63, 3.8) is 0 Å². The summed E-state index contributed by atoms with van der Waals surface area (Å²) < 4.78 is 23.2. The van der Waals surface area contributed by atoms with E-state index in [2.05, 4.69) is 22.0 Å². The zero-order chi connectivity index (χ0) is 22.8. The number of methoxy groups -OCH3 is 1. The van der Waals surface area contributed by atoms with E-state index < -0.39 is 36.0 Å². The number of carboxylic acid groups (broad SMARTS) is 1. The number of aliphatic hydroxyl groups excluding tert-OH is 1. The summed E-state index contributed by atoms with van der Waals surface area (Å²) in [6.45, 7) is 4.63. The molecule has 0 aliphatic rings. The lowest BCUT2D eigenvalue weighted by Gasteiger charge is -2.13. The van der Waals surface area contributed by atoms with E-state index in [1.54, 1.807) is 7.11 Å². The first kappa shape index (κ1) is 24.0. The van der Waals surface area contributed by atoms with Crippen LogP contribution in [0.3, 0.4) is 0 Å². The van der Waals surface area contributed by atoms with Gasteiger partial charge in [-0.15, -0.1) is 15.0 Å². The third kappa shape index (κ3) is 7.48. The van der Waals surface area contributed by atoms with Gasteiger partial charge in [-0.3, -0.25) is 9.59 Å². The number of ketones is 1. The second kappa shape index (κ2) is 11.8. The normalized spacial score (nSPS) is 13.3. The molecule has 0 fully saturated rings. The predicted molar refractivity (Wildman–Crippen MR) is 106 cm³/mol. The first-order chi connectivity index (χ1) is 14.8. The van der Waals surface area contributed by atoms with Gasteiger partial charge in [0.05, 0.1) is 19.3 Å². The predicted octanol–water partition coefficient (Wildman–Crippen LogP) is 1.19. The Balaban J connectivity index is 1.93. The number of ether oxygens (including phenoxy) is 2. The number of benzene rings is 1. The first-order valence-corrected chi connectivity index (χ1v) is 9.22. The van der Waals surface area contributed by atoms with Crippen LogP contribution in [0.25, 0.3) is 5.57 Å². The summed E-state index contributed by atoms with van der Waals surface area (Å²) in [4.78, 5) is 25.1. The van der Waals surface area contributed by atoms with Crippen molar-refractivity contribution in [1.29, 1.82) is 0 Å². The van der Waals surface area contributed by atoms with E-state index in [9.17, 15) is 24.2 Å². The van der Waals surface area contributed by atoms with Gasteiger partial charge in [-0.05, 0) is 22.9 Å². The fourth-order valence-electron chi connectivity index (χ4n) is 2.53. The fourth-order valence-corrected chi connectivity index (χ4v) is 2.53. The molecule has 10 nitrogen and oxygen atoms in total. The molecule has 11 heteroatoms. The summed E-state index contributed by atoms with van der Waals surface area (Å²) in [6, 6.07) is 4.59. The van der Waals surface area contributed by atoms with Gasteiger partial charge in [0, 0.05) is 19.1 Å².